The van der Waals surface area contributed by atoms with Crippen molar-refractivity contribution in [1.29, 1.82) is 0 Å². The van der Waals surface area contributed by atoms with Crippen molar-refractivity contribution in [3.8, 4) is 0 Å². The zero-order valence-corrected chi connectivity index (χ0v) is 15.5. The predicted octanol–water partition coefficient (Wildman–Crippen LogP) is 2.89. The monoisotopic (exact) mass is 374 g/mol. The Kier molecular flexibility index (Phi) is 6.81. The summed E-state index contributed by atoms with van der Waals surface area (Å²) < 4.78 is 38.7. The van der Waals surface area contributed by atoms with Gasteiger partial charge in [-0.15, -0.1) is 0 Å². The molecule has 2 aliphatic rings. The van der Waals surface area contributed by atoms with Gasteiger partial charge in [0.05, 0.1) is 25.4 Å². The summed E-state index contributed by atoms with van der Waals surface area (Å²) in [4.78, 5) is 23.7. The number of hydrogen-bond acceptors (Lipinski definition) is 8. The first-order valence-electron chi connectivity index (χ1n) is 8.31. The zero-order valence-electron chi connectivity index (χ0n) is 14.6. The van der Waals surface area contributed by atoms with Crippen LogP contribution >= 0.6 is 7.82 Å². The predicted molar refractivity (Wildman–Crippen MR) is 87.3 cm³/mol. The molecule has 0 radical (unpaired) electrons. The van der Waals surface area contributed by atoms with Crippen LogP contribution in [0.1, 0.15) is 33.6 Å². The van der Waals surface area contributed by atoms with Crippen molar-refractivity contribution in [3.05, 3.63) is 23.5 Å². The smallest absolute Gasteiger partial charge is 0.463 e. The van der Waals surface area contributed by atoms with Gasteiger partial charge in [-0.25, -0.2) is 14.2 Å². The maximum absolute atomic E-state index is 12.6. The topological polar surface area (TPSA) is 97.4 Å². The Morgan fingerprint density at radius 3 is 2.44 bits per heavy atom. The van der Waals surface area contributed by atoms with E-state index in [9.17, 15) is 14.2 Å². The highest BCUT2D eigenvalue weighted by molar-refractivity contribution is 7.48. The first kappa shape index (κ1) is 19.7. The Morgan fingerprint density at radius 1 is 1.24 bits per heavy atom. The van der Waals surface area contributed by atoms with Gasteiger partial charge in [0.2, 0.25) is 0 Å². The third-order valence-corrected chi connectivity index (χ3v) is 5.31. The number of cyclic esters (lactones) is 1. The van der Waals surface area contributed by atoms with Crippen molar-refractivity contribution in [2.45, 2.75) is 39.7 Å². The molecule has 0 aromatic carbocycles. The summed E-state index contributed by atoms with van der Waals surface area (Å²) in [5.41, 5.74) is 0.214. The molecule has 25 heavy (non-hydrogen) atoms. The largest absolute Gasteiger partial charge is 0.529 e. The lowest BCUT2D eigenvalue weighted by Crippen LogP contribution is -2.25. The minimum absolute atomic E-state index is 0.131. The fourth-order valence-corrected chi connectivity index (χ4v) is 4.09. The molecule has 1 aliphatic heterocycles. The van der Waals surface area contributed by atoms with Crippen LogP contribution in [0.2, 0.25) is 0 Å². The van der Waals surface area contributed by atoms with Gasteiger partial charge in [0.1, 0.15) is 11.9 Å². The molecule has 0 N–H and O–H groups in total. The van der Waals surface area contributed by atoms with E-state index in [4.69, 9.17) is 23.0 Å². The lowest BCUT2D eigenvalue weighted by Gasteiger charge is -2.21. The third-order valence-electron chi connectivity index (χ3n) is 3.72. The first-order valence-corrected chi connectivity index (χ1v) is 9.77. The van der Waals surface area contributed by atoms with Gasteiger partial charge in [-0.05, 0) is 33.3 Å². The molecule has 0 saturated heterocycles. The molecule has 0 amide bonds. The molecule has 0 fully saturated rings. The molecule has 1 aliphatic carbocycles. The molecule has 0 saturated carbocycles. The van der Waals surface area contributed by atoms with Gasteiger partial charge < -0.3 is 14.0 Å². The van der Waals surface area contributed by atoms with Crippen LogP contribution < -0.4 is 0 Å². The number of hydrogen-bond donors (Lipinski definition) is 0. The van der Waals surface area contributed by atoms with Gasteiger partial charge in [-0.2, -0.15) is 0 Å². The molecular weight excluding hydrogens is 351 g/mol. The molecule has 0 aromatic rings. The Balaban J connectivity index is 2.30. The molecule has 2 atom stereocenters. The van der Waals surface area contributed by atoms with Crippen molar-refractivity contribution >= 4 is 19.8 Å². The average molecular weight is 374 g/mol. The van der Waals surface area contributed by atoms with Gasteiger partial charge in [0.25, 0.3) is 0 Å². The molecule has 0 spiro atoms. The normalized spacial score (nSPS) is 23.1. The quantitative estimate of drug-likeness (QED) is 0.449. The Labute approximate surface area is 146 Å². The van der Waals surface area contributed by atoms with Crippen LogP contribution in [0.15, 0.2) is 23.5 Å². The third kappa shape index (κ3) is 4.71. The molecule has 1 heterocycles. The second-order valence-corrected chi connectivity index (χ2v) is 6.93. The van der Waals surface area contributed by atoms with Crippen LogP contribution in [0.4, 0.5) is 0 Å². The van der Waals surface area contributed by atoms with Crippen molar-refractivity contribution in [1.82, 2.24) is 0 Å². The Morgan fingerprint density at radius 2 is 1.92 bits per heavy atom. The standard InChI is InChI=1S/C16H23O8P/c1-4-20-16(18)15-11(12-9-10-14(17)23-12)7-8-13(15)24-25(19,21-5-2)22-6-3/h9-12H,4-8H2,1-3H3. The van der Waals surface area contributed by atoms with Crippen LogP contribution in [-0.4, -0.2) is 37.9 Å². The fraction of sp³-hybridized carbons (Fsp3) is 0.625. The summed E-state index contributed by atoms with van der Waals surface area (Å²) in [6.07, 6.45) is 3.17. The molecule has 0 bridgehead atoms. The lowest BCUT2D eigenvalue weighted by molar-refractivity contribution is -0.143. The SMILES string of the molecule is CCOC(=O)C1=C(OP(=O)(OCC)OCC)CCC1C1C=CC(=O)O1. The number of esters is 2. The van der Waals surface area contributed by atoms with Gasteiger partial charge in [-0.1, -0.05) is 0 Å². The number of phosphoric acid groups is 1. The Bertz CT molecular complexity index is 614. The summed E-state index contributed by atoms with van der Waals surface area (Å²) in [5.74, 6) is -1.27. The van der Waals surface area contributed by atoms with Crippen LogP contribution in [0.3, 0.4) is 0 Å². The second-order valence-electron chi connectivity index (χ2n) is 5.34. The summed E-state index contributed by atoms with van der Waals surface area (Å²) >= 11 is 0. The van der Waals surface area contributed by atoms with Crippen LogP contribution in [0, 0.1) is 5.92 Å². The van der Waals surface area contributed by atoms with Gasteiger partial charge in [-0.3, -0.25) is 9.05 Å². The van der Waals surface area contributed by atoms with Crippen LogP contribution in [0.5, 0.6) is 0 Å². The van der Waals surface area contributed by atoms with E-state index in [1.54, 1.807) is 26.8 Å². The highest BCUT2D eigenvalue weighted by atomic mass is 31.2. The molecule has 140 valence electrons. The van der Waals surface area contributed by atoms with E-state index in [1.807, 2.05) is 0 Å². The van der Waals surface area contributed by atoms with E-state index in [2.05, 4.69) is 0 Å². The molecule has 9 heteroatoms. The first-order chi connectivity index (χ1) is 11.9. The van der Waals surface area contributed by atoms with Gasteiger partial charge in [0, 0.05) is 18.4 Å². The lowest BCUT2D eigenvalue weighted by atomic mass is 9.95. The number of phosphoric ester groups is 1. The van der Waals surface area contributed by atoms with Crippen molar-refractivity contribution in [2.24, 2.45) is 5.92 Å². The van der Waals surface area contributed by atoms with E-state index >= 15 is 0 Å². The zero-order chi connectivity index (χ0) is 18.4. The van der Waals surface area contributed by atoms with Crippen LogP contribution in [-0.2, 0) is 37.2 Å². The minimum atomic E-state index is -3.83. The number of carbonyl (C=O) groups excluding carboxylic acids is 2. The van der Waals surface area contributed by atoms with E-state index in [0.717, 1.165) is 0 Å². The average Bonchev–Trinajstić information content (AvgIpc) is 3.14. The summed E-state index contributed by atoms with van der Waals surface area (Å²) in [5, 5.41) is 0. The Hall–Kier alpha value is -1.63. The highest BCUT2D eigenvalue weighted by Crippen LogP contribution is 2.54. The molecule has 2 unspecified atom stereocenters. The minimum Gasteiger partial charge on any atom is -0.463 e. The van der Waals surface area contributed by atoms with E-state index in [0.29, 0.717) is 12.8 Å². The molecule has 8 nitrogen and oxygen atoms in total. The molecule has 2 rings (SSSR count). The number of ether oxygens (including phenoxy) is 2. The summed E-state index contributed by atoms with van der Waals surface area (Å²) in [7, 11) is -3.83. The van der Waals surface area contributed by atoms with Gasteiger partial charge >= 0.3 is 19.8 Å². The molecule has 0 aromatic heterocycles. The molecular formula is C16H23O8P. The van der Waals surface area contributed by atoms with Crippen LogP contribution in [0.25, 0.3) is 0 Å². The van der Waals surface area contributed by atoms with Crippen molar-refractivity contribution < 1.29 is 37.2 Å². The van der Waals surface area contributed by atoms with Crippen molar-refractivity contribution in [2.75, 3.05) is 19.8 Å². The maximum atomic E-state index is 12.6. The van der Waals surface area contributed by atoms with E-state index in [1.165, 1.54) is 6.08 Å². The second kappa shape index (κ2) is 8.65. The summed E-state index contributed by atoms with van der Waals surface area (Å²) in [6, 6.07) is 0. The maximum Gasteiger partial charge on any atom is 0.529 e. The highest BCUT2D eigenvalue weighted by Gasteiger charge is 2.42. The van der Waals surface area contributed by atoms with E-state index < -0.39 is 31.8 Å². The van der Waals surface area contributed by atoms with Crippen molar-refractivity contribution in [3.63, 3.8) is 0 Å². The fourth-order valence-electron chi connectivity index (χ4n) is 2.81. The number of carbonyl (C=O) groups is 2. The van der Waals surface area contributed by atoms with E-state index in [-0.39, 0.29) is 31.2 Å². The van der Waals surface area contributed by atoms with Gasteiger partial charge in [0.15, 0.2) is 0 Å². The summed E-state index contributed by atoms with van der Waals surface area (Å²) in [6.45, 7) is 5.45. The number of allylic oxidation sites excluding steroid dienone is 1. The number of rotatable bonds is 9.